The molecule has 1 aromatic rings. The number of thioether (sulfide) groups is 1. The summed E-state index contributed by atoms with van der Waals surface area (Å²) in [6, 6.07) is 3.83. The first kappa shape index (κ1) is 10.3. The molecule has 0 spiro atoms. The first-order valence-corrected chi connectivity index (χ1v) is 5.16. The number of nitrogens with zero attached hydrogens (tertiary/aromatic N) is 2. The van der Waals surface area contributed by atoms with Gasteiger partial charge in [-0.25, -0.2) is 4.98 Å². The van der Waals surface area contributed by atoms with Crippen molar-refractivity contribution in [1.82, 2.24) is 9.88 Å². The van der Waals surface area contributed by atoms with E-state index in [2.05, 4.69) is 24.0 Å². The lowest BCUT2D eigenvalue weighted by Crippen LogP contribution is -2.14. The van der Waals surface area contributed by atoms with Crippen molar-refractivity contribution in [3.8, 4) is 0 Å². The molecule has 0 saturated carbocycles. The van der Waals surface area contributed by atoms with Gasteiger partial charge < -0.3 is 10.6 Å². The van der Waals surface area contributed by atoms with Crippen LogP contribution in [-0.4, -0.2) is 36.3 Å². The second-order valence-electron chi connectivity index (χ2n) is 3.07. The van der Waals surface area contributed by atoms with E-state index in [4.69, 9.17) is 5.73 Å². The number of hydrogen-bond acceptors (Lipinski definition) is 4. The van der Waals surface area contributed by atoms with Crippen LogP contribution in [0.3, 0.4) is 0 Å². The zero-order valence-electron chi connectivity index (χ0n) is 8.03. The number of pyridine rings is 1. The van der Waals surface area contributed by atoms with Crippen LogP contribution < -0.4 is 5.73 Å². The van der Waals surface area contributed by atoms with Crippen molar-refractivity contribution in [3.05, 3.63) is 18.3 Å². The highest BCUT2D eigenvalue weighted by Crippen LogP contribution is 2.16. The standard InChI is InChI=1S/C9H15N3S/c1-12(2)5-6-13-8-3-4-9(10)11-7-8/h3-4,7H,5-6H2,1-2H3,(H2,10,11). The first-order chi connectivity index (χ1) is 6.18. The third-order valence-electron chi connectivity index (χ3n) is 1.57. The van der Waals surface area contributed by atoms with Crippen LogP contribution in [0.1, 0.15) is 0 Å². The van der Waals surface area contributed by atoms with Gasteiger partial charge in [0.15, 0.2) is 0 Å². The molecule has 0 atom stereocenters. The van der Waals surface area contributed by atoms with Crippen molar-refractivity contribution in [2.24, 2.45) is 0 Å². The van der Waals surface area contributed by atoms with Gasteiger partial charge in [0.05, 0.1) is 0 Å². The summed E-state index contributed by atoms with van der Waals surface area (Å²) in [6.45, 7) is 1.08. The van der Waals surface area contributed by atoms with Crippen molar-refractivity contribution < 1.29 is 0 Å². The number of anilines is 1. The molecule has 1 rings (SSSR count). The van der Waals surface area contributed by atoms with Gasteiger partial charge in [-0.05, 0) is 26.2 Å². The predicted molar refractivity (Wildman–Crippen MR) is 57.9 cm³/mol. The molecule has 1 aromatic heterocycles. The van der Waals surface area contributed by atoms with E-state index >= 15 is 0 Å². The van der Waals surface area contributed by atoms with Crippen LogP contribution in [0.25, 0.3) is 0 Å². The largest absolute Gasteiger partial charge is 0.384 e. The fraction of sp³-hybridized carbons (Fsp3) is 0.444. The number of aromatic nitrogens is 1. The van der Waals surface area contributed by atoms with E-state index in [-0.39, 0.29) is 0 Å². The minimum atomic E-state index is 0.581. The molecule has 3 nitrogen and oxygen atoms in total. The number of rotatable bonds is 4. The normalized spacial score (nSPS) is 10.7. The molecule has 0 unspecified atom stereocenters. The van der Waals surface area contributed by atoms with E-state index in [1.165, 1.54) is 4.90 Å². The molecular formula is C9H15N3S. The second kappa shape index (κ2) is 5.09. The summed E-state index contributed by atoms with van der Waals surface area (Å²) in [4.78, 5) is 7.36. The zero-order chi connectivity index (χ0) is 9.68. The lowest BCUT2D eigenvalue weighted by atomic mass is 10.5. The van der Waals surface area contributed by atoms with E-state index in [0.717, 1.165) is 12.3 Å². The Morgan fingerprint density at radius 3 is 2.77 bits per heavy atom. The van der Waals surface area contributed by atoms with E-state index in [9.17, 15) is 0 Å². The summed E-state index contributed by atoms with van der Waals surface area (Å²) >= 11 is 1.80. The lowest BCUT2D eigenvalue weighted by Gasteiger charge is -2.08. The van der Waals surface area contributed by atoms with E-state index in [0.29, 0.717) is 5.82 Å². The zero-order valence-corrected chi connectivity index (χ0v) is 8.84. The van der Waals surface area contributed by atoms with E-state index in [1.54, 1.807) is 11.8 Å². The van der Waals surface area contributed by atoms with Crippen LogP contribution >= 0.6 is 11.8 Å². The van der Waals surface area contributed by atoms with Crippen LogP contribution in [0.15, 0.2) is 23.2 Å². The average molecular weight is 197 g/mol. The molecule has 0 amide bonds. The molecular weight excluding hydrogens is 182 g/mol. The summed E-state index contributed by atoms with van der Waals surface area (Å²) in [5, 5.41) is 0. The van der Waals surface area contributed by atoms with Gasteiger partial charge in [-0.2, -0.15) is 0 Å². The molecule has 13 heavy (non-hydrogen) atoms. The number of hydrogen-bond donors (Lipinski definition) is 1. The lowest BCUT2D eigenvalue weighted by molar-refractivity contribution is 0.437. The smallest absolute Gasteiger partial charge is 0.123 e. The predicted octanol–water partition coefficient (Wildman–Crippen LogP) is 1.32. The highest BCUT2D eigenvalue weighted by Gasteiger charge is 1.95. The van der Waals surface area contributed by atoms with Crippen molar-refractivity contribution in [2.75, 3.05) is 32.1 Å². The maximum atomic E-state index is 5.47. The van der Waals surface area contributed by atoms with Crippen molar-refractivity contribution in [2.45, 2.75) is 4.90 Å². The molecule has 2 N–H and O–H groups in total. The Labute approximate surface area is 83.3 Å². The first-order valence-electron chi connectivity index (χ1n) is 4.17. The third-order valence-corrected chi connectivity index (χ3v) is 2.53. The molecule has 0 aliphatic carbocycles. The van der Waals surface area contributed by atoms with Gasteiger partial charge in [0.1, 0.15) is 5.82 Å². The monoisotopic (exact) mass is 197 g/mol. The van der Waals surface area contributed by atoms with Gasteiger partial charge in [0.2, 0.25) is 0 Å². The van der Waals surface area contributed by atoms with Crippen LogP contribution in [0.5, 0.6) is 0 Å². The Morgan fingerprint density at radius 2 is 2.23 bits per heavy atom. The van der Waals surface area contributed by atoms with Crippen molar-refractivity contribution in [3.63, 3.8) is 0 Å². The highest BCUT2D eigenvalue weighted by molar-refractivity contribution is 7.99. The third kappa shape index (κ3) is 4.15. The minimum Gasteiger partial charge on any atom is -0.384 e. The van der Waals surface area contributed by atoms with Crippen LogP contribution in [0.4, 0.5) is 5.82 Å². The van der Waals surface area contributed by atoms with Crippen molar-refractivity contribution in [1.29, 1.82) is 0 Å². The molecule has 0 fully saturated rings. The summed E-state index contributed by atoms with van der Waals surface area (Å²) in [5.41, 5.74) is 5.47. The molecule has 72 valence electrons. The Morgan fingerprint density at radius 1 is 1.46 bits per heavy atom. The summed E-state index contributed by atoms with van der Waals surface area (Å²) in [5.74, 6) is 1.66. The molecule has 0 aliphatic heterocycles. The SMILES string of the molecule is CN(C)CCSc1ccc(N)nc1. The molecule has 0 aliphatic rings. The molecule has 0 saturated heterocycles. The van der Waals surface area contributed by atoms with E-state index in [1.807, 2.05) is 18.3 Å². The number of nitrogen functional groups attached to an aromatic ring is 1. The Bertz CT molecular complexity index is 246. The van der Waals surface area contributed by atoms with Gasteiger partial charge >= 0.3 is 0 Å². The maximum Gasteiger partial charge on any atom is 0.123 e. The highest BCUT2D eigenvalue weighted by atomic mass is 32.2. The van der Waals surface area contributed by atoms with Crippen LogP contribution in [0.2, 0.25) is 0 Å². The summed E-state index contributed by atoms with van der Waals surface area (Å²) < 4.78 is 0. The second-order valence-corrected chi connectivity index (χ2v) is 4.24. The van der Waals surface area contributed by atoms with Gasteiger partial charge in [-0.15, -0.1) is 11.8 Å². The minimum absolute atomic E-state index is 0.581. The quantitative estimate of drug-likeness (QED) is 0.739. The molecule has 4 heteroatoms. The summed E-state index contributed by atoms with van der Waals surface area (Å²) in [7, 11) is 4.14. The van der Waals surface area contributed by atoms with Gasteiger partial charge in [-0.1, -0.05) is 0 Å². The maximum absolute atomic E-state index is 5.47. The van der Waals surface area contributed by atoms with Gasteiger partial charge in [0.25, 0.3) is 0 Å². The molecule has 0 bridgehead atoms. The van der Waals surface area contributed by atoms with Crippen molar-refractivity contribution >= 4 is 17.6 Å². The van der Waals surface area contributed by atoms with Gasteiger partial charge in [-0.3, -0.25) is 0 Å². The Kier molecular flexibility index (Phi) is 4.05. The average Bonchev–Trinajstić information content (AvgIpc) is 2.08. The molecule has 0 aromatic carbocycles. The molecule has 0 radical (unpaired) electrons. The van der Waals surface area contributed by atoms with E-state index < -0.39 is 0 Å². The number of nitrogens with two attached hydrogens (primary N) is 1. The molecule has 1 heterocycles. The van der Waals surface area contributed by atoms with Crippen LogP contribution in [0, 0.1) is 0 Å². The Hall–Kier alpha value is -0.740. The fourth-order valence-corrected chi connectivity index (χ4v) is 1.81. The fourth-order valence-electron chi connectivity index (χ4n) is 0.823. The van der Waals surface area contributed by atoms with Gasteiger partial charge in [0, 0.05) is 23.4 Å². The Balaban J connectivity index is 2.33. The topological polar surface area (TPSA) is 42.1 Å². The van der Waals surface area contributed by atoms with Crippen LogP contribution in [-0.2, 0) is 0 Å². The summed E-state index contributed by atoms with van der Waals surface area (Å²) in [6.07, 6.45) is 1.82.